The maximum atomic E-state index is 12.8. The monoisotopic (exact) mass is 364 g/mol. The quantitative estimate of drug-likeness (QED) is 0.807. The number of thiazole rings is 1. The summed E-state index contributed by atoms with van der Waals surface area (Å²) in [4.78, 5) is 18.9. The first kappa shape index (κ1) is 19.2. The van der Waals surface area contributed by atoms with Crippen LogP contribution in [0.15, 0.2) is 11.5 Å². The van der Waals surface area contributed by atoms with Gasteiger partial charge in [-0.1, -0.05) is 0 Å². The molecule has 0 aliphatic carbocycles. The first-order chi connectivity index (χ1) is 11.5. The Bertz CT molecular complexity index is 727. The second kappa shape index (κ2) is 6.65. The Balaban J connectivity index is 2.38. The number of ether oxygens (including phenoxy) is 2. The largest absolute Gasteiger partial charge is 0.444 e. The van der Waals surface area contributed by atoms with Crippen LogP contribution in [0.2, 0.25) is 0 Å². The van der Waals surface area contributed by atoms with E-state index < -0.39 is 23.5 Å². The number of nitrogens with zero attached hydrogens (tertiary/aromatic N) is 3. The molecule has 8 heteroatoms. The van der Waals surface area contributed by atoms with Crippen molar-refractivity contribution in [2.45, 2.75) is 65.0 Å². The summed E-state index contributed by atoms with van der Waals surface area (Å²) in [5.41, 5.74) is 5.20. The zero-order valence-electron chi connectivity index (χ0n) is 15.4. The van der Waals surface area contributed by atoms with Gasteiger partial charge in [-0.3, -0.25) is 4.90 Å². The summed E-state index contributed by atoms with van der Waals surface area (Å²) >= 11 is 1.37. The van der Waals surface area contributed by atoms with E-state index in [9.17, 15) is 4.79 Å². The predicted molar refractivity (Wildman–Crippen MR) is 95.3 cm³/mol. The van der Waals surface area contributed by atoms with Crippen molar-refractivity contribution < 1.29 is 14.3 Å². The van der Waals surface area contributed by atoms with E-state index in [4.69, 9.17) is 20.5 Å². The summed E-state index contributed by atoms with van der Waals surface area (Å²) in [6, 6.07) is 1.50. The Morgan fingerprint density at radius 2 is 2.20 bits per heavy atom. The third-order valence-corrected chi connectivity index (χ3v) is 4.57. The standard InChI is InChI=1S/C17H24N4O3S/c1-10-13(14-20-12(9-25-14)11(19)7-8-18)21(17(5,6)23-10)15(22)24-16(2,3)4/h7,9-10,13H,19H2,1-6H3/t10-,13+/m1/s1. The van der Waals surface area contributed by atoms with Gasteiger partial charge in [-0.25, -0.2) is 9.78 Å². The van der Waals surface area contributed by atoms with Gasteiger partial charge in [0.2, 0.25) is 0 Å². The molecule has 0 bridgehead atoms. The number of rotatable bonds is 2. The second-order valence-corrected chi connectivity index (χ2v) is 8.25. The fourth-order valence-corrected chi connectivity index (χ4v) is 3.78. The van der Waals surface area contributed by atoms with E-state index in [1.54, 1.807) is 10.3 Å². The van der Waals surface area contributed by atoms with Crippen molar-refractivity contribution in [3.8, 4) is 6.07 Å². The minimum Gasteiger partial charge on any atom is -0.444 e. The van der Waals surface area contributed by atoms with Gasteiger partial charge >= 0.3 is 6.09 Å². The molecular weight excluding hydrogens is 340 g/mol. The third-order valence-electron chi connectivity index (χ3n) is 3.66. The summed E-state index contributed by atoms with van der Waals surface area (Å²) in [7, 11) is 0. The number of carbonyl (C=O) groups excluding carboxylic acids is 1. The Morgan fingerprint density at radius 1 is 1.56 bits per heavy atom. The molecule has 0 aromatic carbocycles. The van der Waals surface area contributed by atoms with Gasteiger partial charge in [0.1, 0.15) is 22.4 Å². The Kier molecular flexibility index (Phi) is 5.11. The minimum absolute atomic E-state index is 0.261. The Hall–Kier alpha value is -2.11. The highest BCUT2D eigenvalue weighted by atomic mass is 32.1. The van der Waals surface area contributed by atoms with Crippen LogP contribution in [-0.2, 0) is 9.47 Å². The summed E-state index contributed by atoms with van der Waals surface area (Å²) in [5.74, 6) is 0. The molecule has 0 spiro atoms. The highest BCUT2D eigenvalue weighted by Crippen LogP contribution is 2.43. The molecule has 1 saturated heterocycles. The van der Waals surface area contributed by atoms with E-state index >= 15 is 0 Å². The number of hydrogen-bond donors (Lipinski definition) is 1. The molecule has 1 aliphatic rings. The zero-order chi connectivity index (χ0) is 19.0. The van der Waals surface area contributed by atoms with Crippen molar-refractivity contribution in [2.75, 3.05) is 0 Å². The molecule has 2 N–H and O–H groups in total. The zero-order valence-corrected chi connectivity index (χ0v) is 16.2. The fourth-order valence-electron chi connectivity index (χ4n) is 2.78. The number of allylic oxidation sites excluding steroid dienone is 1. The van der Waals surface area contributed by atoms with E-state index in [2.05, 4.69) is 4.98 Å². The van der Waals surface area contributed by atoms with Gasteiger partial charge in [-0.15, -0.1) is 11.3 Å². The lowest BCUT2D eigenvalue weighted by molar-refractivity contribution is -0.0757. The van der Waals surface area contributed by atoms with Crippen LogP contribution < -0.4 is 5.73 Å². The molecule has 25 heavy (non-hydrogen) atoms. The molecule has 0 unspecified atom stereocenters. The van der Waals surface area contributed by atoms with Crippen molar-refractivity contribution in [2.24, 2.45) is 5.73 Å². The van der Waals surface area contributed by atoms with E-state index in [1.165, 1.54) is 17.4 Å². The lowest BCUT2D eigenvalue weighted by atomic mass is 10.1. The van der Waals surface area contributed by atoms with Crippen LogP contribution in [0, 0.1) is 11.3 Å². The molecule has 1 aromatic heterocycles. The van der Waals surface area contributed by atoms with Crippen LogP contribution in [0.25, 0.3) is 5.70 Å². The topological polar surface area (TPSA) is 101 Å². The highest BCUT2D eigenvalue weighted by molar-refractivity contribution is 7.09. The third kappa shape index (κ3) is 4.11. The van der Waals surface area contributed by atoms with Gasteiger partial charge in [0, 0.05) is 11.5 Å². The lowest BCUT2D eigenvalue weighted by Crippen LogP contribution is -2.47. The minimum atomic E-state index is -0.827. The van der Waals surface area contributed by atoms with E-state index in [-0.39, 0.29) is 6.10 Å². The molecule has 1 aliphatic heterocycles. The average molecular weight is 364 g/mol. The number of hydrogen-bond acceptors (Lipinski definition) is 7. The molecule has 136 valence electrons. The lowest BCUT2D eigenvalue weighted by Gasteiger charge is -2.34. The highest BCUT2D eigenvalue weighted by Gasteiger charge is 2.51. The van der Waals surface area contributed by atoms with Crippen LogP contribution in [0.3, 0.4) is 0 Å². The molecule has 2 rings (SSSR count). The SMILES string of the molecule is C[C@H]1OC(C)(C)N(C(=O)OC(C)(C)C)[C@@H]1c1nc(C(N)=CC#N)cs1. The smallest absolute Gasteiger partial charge is 0.413 e. The molecule has 1 fully saturated rings. The maximum Gasteiger partial charge on any atom is 0.413 e. The summed E-state index contributed by atoms with van der Waals surface area (Å²) < 4.78 is 11.5. The number of nitriles is 1. The van der Waals surface area contributed by atoms with Crippen LogP contribution in [0.1, 0.15) is 58.3 Å². The number of aromatic nitrogens is 1. The Morgan fingerprint density at radius 3 is 2.76 bits per heavy atom. The molecular formula is C17H24N4O3S. The molecule has 1 aromatic rings. The van der Waals surface area contributed by atoms with Crippen molar-refractivity contribution in [3.05, 3.63) is 22.2 Å². The van der Waals surface area contributed by atoms with Gasteiger partial charge in [-0.2, -0.15) is 5.26 Å². The van der Waals surface area contributed by atoms with Gasteiger partial charge in [0.15, 0.2) is 0 Å². The van der Waals surface area contributed by atoms with Gasteiger partial charge in [0.05, 0.1) is 23.6 Å². The normalized spacial score (nSPS) is 23.4. The number of amides is 1. The molecule has 7 nitrogen and oxygen atoms in total. The van der Waals surface area contributed by atoms with Crippen LogP contribution in [0.5, 0.6) is 0 Å². The van der Waals surface area contributed by atoms with E-state index in [0.29, 0.717) is 16.4 Å². The predicted octanol–water partition coefficient (Wildman–Crippen LogP) is 3.40. The second-order valence-electron chi connectivity index (χ2n) is 7.36. The van der Waals surface area contributed by atoms with Gasteiger partial charge in [0.25, 0.3) is 0 Å². The average Bonchev–Trinajstić information content (AvgIpc) is 2.98. The van der Waals surface area contributed by atoms with Crippen molar-refractivity contribution in [3.63, 3.8) is 0 Å². The number of nitrogens with two attached hydrogens (primary N) is 1. The molecule has 2 heterocycles. The molecule has 0 radical (unpaired) electrons. The van der Waals surface area contributed by atoms with Gasteiger partial charge in [-0.05, 0) is 41.5 Å². The summed E-state index contributed by atoms with van der Waals surface area (Å²) in [5, 5.41) is 11.2. The van der Waals surface area contributed by atoms with Crippen molar-refractivity contribution in [1.82, 2.24) is 9.88 Å². The van der Waals surface area contributed by atoms with Crippen molar-refractivity contribution in [1.29, 1.82) is 5.26 Å². The fraction of sp³-hybridized carbons (Fsp3) is 0.588. The molecule has 1 amide bonds. The first-order valence-electron chi connectivity index (χ1n) is 7.97. The van der Waals surface area contributed by atoms with Crippen LogP contribution in [0.4, 0.5) is 4.79 Å². The van der Waals surface area contributed by atoms with Crippen LogP contribution in [-0.4, -0.2) is 33.4 Å². The summed E-state index contributed by atoms with van der Waals surface area (Å²) in [6.45, 7) is 11.0. The van der Waals surface area contributed by atoms with E-state index in [0.717, 1.165) is 0 Å². The number of carbonyl (C=O) groups is 1. The first-order valence-corrected chi connectivity index (χ1v) is 8.85. The molecule has 0 saturated carbocycles. The maximum absolute atomic E-state index is 12.8. The molecule has 2 atom stereocenters. The Labute approximate surface area is 152 Å². The van der Waals surface area contributed by atoms with Gasteiger partial charge < -0.3 is 15.2 Å². The van der Waals surface area contributed by atoms with Crippen LogP contribution >= 0.6 is 11.3 Å². The summed E-state index contributed by atoms with van der Waals surface area (Å²) in [6.07, 6.45) is 0.523. The van der Waals surface area contributed by atoms with Crippen molar-refractivity contribution >= 4 is 23.1 Å². The van der Waals surface area contributed by atoms with E-state index in [1.807, 2.05) is 47.6 Å².